The molecule has 1 rings (SSSR count). The third kappa shape index (κ3) is 4.79. The van der Waals surface area contributed by atoms with Crippen LogP contribution in [0.15, 0.2) is 15.5 Å². The Morgan fingerprint density at radius 1 is 1.39 bits per heavy atom. The van der Waals surface area contributed by atoms with Crippen LogP contribution in [0.25, 0.3) is 0 Å². The van der Waals surface area contributed by atoms with Gasteiger partial charge in [-0.15, -0.1) is 0 Å². The number of hydrogen-bond donors (Lipinski definition) is 2. The van der Waals surface area contributed by atoms with Crippen LogP contribution >= 0.6 is 0 Å². The lowest BCUT2D eigenvalue weighted by molar-refractivity contribution is 0.203. The number of nitrogens with one attached hydrogen (secondary N) is 2. The molecule has 0 unspecified atom stereocenters. The largest absolute Gasteiger partial charge is 0.466 e. The number of methoxy groups -OCH3 is 1. The van der Waals surface area contributed by atoms with Gasteiger partial charge < -0.3 is 19.8 Å². The first-order valence-electron chi connectivity index (χ1n) is 6.24. The molecule has 0 saturated heterocycles. The highest BCUT2D eigenvalue weighted by Crippen LogP contribution is 2.14. The predicted octanol–water partition coefficient (Wildman–Crippen LogP) is 1.60. The molecule has 1 heterocycles. The summed E-state index contributed by atoms with van der Waals surface area (Å²) in [7, 11) is 1.68. The van der Waals surface area contributed by atoms with Gasteiger partial charge in [0.25, 0.3) is 0 Å². The number of furan rings is 1. The molecule has 0 aliphatic carbocycles. The van der Waals surface area contributed by atoms with Gasteiger partial charge in [-0.2, -0.15) is 0 Å². The topological polar surface area (TPSA) is 58.8 Å². The van der Waals surface area contributed by atoms with E-state index in [0.29, 0.717) is 13.2 Å². The van der Waals surface area contributed by atoms with Crippen molar-refractivity contribution in [2.75, 3.05) is 26.8 Å². The van der Waals surface area contributed by atoms with Crippen molar-refractivity contribution in [1.82, 2.24) is 10.6 Å². The van der Waals surface area contributed by atoms with E-state index in [2.05, 4.69) is 15.6 Å². The van der Waals surface area contributed by atoms with E-state index in [1.165, 1.54) is 0 Å². The Hall–Kier alpha value is -1.49. The fraction of sp³-hybridized carbons (Fsp3) is 0.615. The van der Waals surface area contributed by atoms with Crippen molar-refractivity contribution in [2.24, 2.45) is 4.99 Å². The van der Waals surface area contributed by atoms with Crippen LogP contribution in [-0.4, -0.2) is 32.8 Å². The van der Waals surface area contributed by atoms with E-state index < -0.39 is 0 Å². The Morgan fingerprint density at radius 2 is 2.17 bits per heavy atom. The first kappa shape index (κ1) is 14.6. The Labute approximate surface area is 109 Å². The first-order chi connectivity index (χ1) is 8.67. The third-order valence-corrected chi connectivity index (χ3v) is 2.49. The van der Waals surface area contributed by atoms with E-state index in [-0.39, 0.29) is 0 Å². The van der Waals surface area contributed by atoms with Gasteiger partial charge in [-0.05, 0) is 26.8 Å². The normalized spacial score (nSPS) is 11.7. The molecule has 0 aliphatic heterocycles. The summed E-state index contributed by atoms with van der Waals surface area (Å²) >= 11 is 0. The van der Waals surface area contributed by atoms with Gasteiger partial charge >= 0.3 is 0 Å². The summed E-state index contributed by atoms with van der Waals surface area (Å²) < 4.78 is 10.5. The number of aliphatic imine (C=N–C) groups is 1. The molecule has 0 aromatic carbocycles. The van der Waals surface area contributed by atoms with E-state index in [1.807, 2.05) is 26.8 Å². The van der Waals surface area contributed by atoms with Crippen LogP contribution in [0.1, 0.15) is 24.0 Å². The second-order valence-corrected chi connectivity index (χ2v) is 4.05. The predicted molar refractivity (Wildman–Crippen MR) is 72.9 cm³/mol. The smallest absolute Gasteiger partial charge is 0.191 e. The van der Waals surface area contributed by atoms with Crippen LogP contribution in [0, 0.1) is 13.8 Å². The van der Waals surface area contributed by atoms with Gasteiger partial charge in [-0.3, -0.25) is 0 Å². The molecule has 1 aromatic heterocycles. The molecule has 0 bridgehead atoms. The van der Waals surface area contributed by atoms with Gasteiger partial charge in [0.1, 0.15) is 11.5 Å². The minimum atomic E-state index is 0.617. The first-order valence-corrected chi connectivity index (χ1v) is 6.24. The molecule has 0 radical (unpaired) electrons. The monoisotopic (exact) mass is 253 g/mol. The highest BCUT2D eigenvalue weighted by molar-refractivity contribution is 5.79. The molecule has 0 spiro atoms. The molecule has 0 amide bonds. The van der Waals surface area contributed by atoms with Gasteiger partial charge in [-0.1, -0.05) is 0 Å². The van der Waals surface area contributed by atoms with Crippen molar-refractivity contribution in [1.29, 1.82) is 0 Å². The number of aryl methyl sites for hydroxylation is 2. The molecule has 2 N–H and O–H groups in total. The van der Waals surface area contributed by atoms with Gasteiger partial charge in [0.2, 0.25) is 0 Å². The molecule has 0 fully saturated rings. The zero-order chi connectivity index (χ0) is 13.4. The summed E-state index contributed by atoms with van der Waals surface area (Å²) in [5.74, 6) is 2.66. The Balaban J connectivity index is 2.56. The van der Waals surface area contributed by atoms with E-state index in [1.54, 1.807) is 7.11 Å². The number of ether oxygens (including phenoxy) is 1. The van der Waals surface area contributed by atoms with Crippen LogP contribution in [0.3, 0.4) is 0 Å². The zero-order valence-electron chi connectivity index (χ0n) is 11.7. The Morgan fingerprint density at radius 3 is 2.72 bits per heavy atom. The maximum Gasteiger partial charge on any atom is 0.191 e. The lowest BCUT2D eigenvalue weighted by Crippen LogP contribution is -2.38. The molecule has 5 nitrogen and oxygen atoms in total. The lowest BCUT2D eigenvalue weighted by atomic mass is 10.2. The molecule has 0 aliphatic rings. The molecule has 0 saturated carbocycles. The van der Waals surface area contributed by atoms with Gasteiger partial charge in [0, 0.05) is 25.8 Å². The molecular weight excluding hydrogens is 230 g/mol. The zero-order valence-corrected chi connectivity index (χ0v) is 11.7. The van der Waals surface area contributed by atoms with E-state index in [9.17, 15) is 0 Å². The van der Waals surface area contributed by atoms with Crippen molar-refractivity contribution in [3.05, 3.63) is 23.2 Å². The number of nitrogens with zero attached hydrogens (tertiary/aromatic N) is 1. The van der Waals surface area contributed by atoms with Crippen molar-refractivity contribution >= 4 is 5.96 Å². The number of guanidine groups is 1. The van der Waals surface area contributed by atoms with E-state index in [4.69, 9.17) is 9.15 Å². The van der Waals surface area contributed by atoms with Crippen LogP contribution < -0.4 is 10.6 Å². The number of hydrogen-bond acceptors (Lipinski definition) is 3. The average Bonchev–Trinajstić information content (AvgIpc) is 2.65. The van der Waals surface area contributed by atoms with E-state index in [0.717, 1.165) is 36.1 Å². The molecule has 5 heteroatoms. The fourth-order valence-electron chi connectivity index (χ4n) is 1.62. The van der Waals surface area contributed by atoms with Crippen molar-refractivity contribution in [3.8, 4) is 0 Å². The summed E-state index contributed by atoms with van der Waals surface area (Å²) in [6, 6.07) is 2.03. The minimum Gasteiger partial charge on any atom is -0.466 e. The molecule has 102 valence electrons. The molecule has 0 atom stereocenters. The van der Waals surface area contributed by atoms with Crippen LogP contribution in [0.4, 0.5) is 0 Å². The van der Waals surface area contributed by atoms with Crippen molar-refractivity contribution in [3.63, 3.8) is 0 Å². The third-order valence-electron chi connectivity index (χ3n) is 2.49. The average molecular weight is 253 g/mol. The summed E-state index contributed by atoms with van der Waals surface area (Å²) in [5.41, 5.74) is 1.12. The minimum absolute atomic E-state index is 0.617. The summed E-state index contributed by atoms with van der Waals surface area (Å²) in [5, 5.41) is 6.39. The van der Waals surface area contributed by atoms with Crippen LogP contribution in [0.2, 0.25) is 0 Å². The summed E-state index contributed by atoms with van der Waals surface area (Å²) in [4.78, 5) is 4.51. The maximum absolute atomic E-state index is 5.48. The fourth-order valence-corrected chi connectivity index (χ4v) is 1.62. The van der Waals surface area contributed by atoms with Gasteiger partial charge in [0.05, 0.1) is 13.2 Å². The summed E-state index contributed by atoms with van der Waals surface area (Å²) in [6.45, 7) is 8.81. The highest BCUT2D eigenvalue weighted by atomic mass is 16.5. The second kappa shape index (κ2) is 7.76. The second-order valence-electron chi connectivity index (χ2n) is 4.05. The molecular formula is C13H23N3O2. The van der Waals surface area contributed by atoms with Crippen LogP contribution in [0.5, 0.6) is 0 Å². The van der Waals surface area contributed by atoms with E-state index >= 15 is 0 Å². The number of rotatable bonds is 6. The molecule has 18 heavy (non-hydrogen) atoms. The highest BCUT2D eigenvalue weighted by Gasteiger charge is 2.04. The SMILES string of the molecule is CCNC(=NCc1cc(C)oc1C)NCCOC. The Kier molecular flexibility index (Phi) is 6.28. The van der Waals surface area contributed by atoms with Gasteiger partial charge in [-0.25, -0.2) is 4.99 Å². The Bertz CT molecular complexity index is 386. The lowest BCUT2D eigenvalue weighted by Gasteiger charge is -2.10. The molecule has 1 aromatic rings. The quantitative estimate of drug-likeness (QED) is 0.459. The standard InChI is InChI=1S/C13H23N3O2/c1-5-14-13(15-6-7-17-4)16-9-12-8-10(2)18-11(12)3/h8H,5-7,9H2,1-4H3,(H2,14,15,16). The van der Waals surface area contributed by atoms with Crippen molar-refractivity contribution < 1.29 is 9.15 Å². The van der Waals surface area contributed by atoms with Crippen LogP contribution in [-0.2, 0) is 11.3 Å². The maximum atomic E-state index is 5.48. The van der Waals surface area contributed by atoms with Crippen molar-refractivity contribution in [2.45, 2.75) is 27.3 Å². The van der Waals surface area contributed by atoms with Gasteiger partial charge in [0.15, 0.2) is 5.96 Å². The summed E-state index contributed by atoms with van der Waals surface area (Å²) in [6.07, 6.45) is 0.